The summed E-state index contributed by atoms with van der Waals surface area (Å²) in [4.78, 5) is 0. The van der Waals surface area contributed by atoms with Gasteiger partial charge in [0.2, 0.25) is 0 Å². The van der Waals surface area contributed by atoms with E-state index in [1.165, 1.54) is 6.07 Å². The number of rotatable bonds is 7. The van der Waals surface area contributed by atoms with Crippen molar-refractivity contribution in [1.82, 2.24) is 0 Å². The summed E-state index contributed by atoms with van der Waals surface area (Å²) >= 11 is 0. The average Bonchev–Trinajstić information content (AvgIpc) is 2.35. The smallest absolute Gasteiger partial charge is 0.387 e. The molecule has 3 nitrogen and oxygen atoms in total. The van der Waals surface area contributed by atoms with Gasteiger partial charge in [-0.05, 0) is 24.8 Å². The zero-order chi connectivity index (χ0) is 14.4. The fourth-order valence-corrected chi connectivity index (χ4v) is 1.85. The number of benzene rings is 1. The van der Waals surface area contributed by atoms with Crippen LogP contribution in [0.25, 0.3) is 0 Å². The van der Waals surface area contributed by atoms with Crippen LogP contribution in [0.3, 0.4) is 0 Å². The highest BCUT2D eigenvalue weighted by molar-refractivity contribution is 5.36. The van der Waals surface area contributed by atoms with Gasteiger partial charge in [0, 0.05) is 5.56 Å². The third-order valence-electron chi connectivity index (χ3n) is 2.95. The van der Waals surface area contributed by atoms with Gasteiger partial charge in [0.15, 0.2) is 0 Å². The first-order chi connectivity index (χ1) is 8.91. The molecule has 0 unspecified atom stereocenters. The average molecular weight is 273 g/mol. The normalized spacial score (nSPS) is 14.7. The predicted octanol–water partition coefficient (Wildman–Crippen LogP) is 3.08. The van der Waals surface area contributed by atoms with Crippen molar-refractivity contribution in [2.75, 3.05) is 0 Å². The molecule has 0 spiro atoms. The first-order valence-electron chi connectivity index (χ1n) is 6.39. The van der Waals surface area contributed by atoms with Crippen molar-refractivity contribution in [3.63, 3.8) is 0 Å². The van der Waals surface area contributed by atoms with Gasteiger partial charge in [-0.15, -0.1) is 0 Å². The van der Waals surface area contributed by atoms with Crippen LogP contribution in [-0.4, -0.2) is 17.8 Å². The fraction of sp³-hybridized carbons (Fsp3) is 0.571. The second-order valence-electron chi connectivity index (χ2n) is 4.98. The van der Waals surface area contributed by atoms with E-state index < -0.39 is 18.8 Å². The van der Waals surface area contributed by atoms with Crippen LogP contribution in [0, 0.1) is 5.92 Å². The van der Waals surface area contributed by atoms with Crippen LogP contribution >= 0.6 is 0 Å². The van der Waals surface area contributed by atoms with Crippen molar-refractivity contribution in [3.8, 4) is 5.75 Å². The second-order valence-corrected chi connectivity index (χ2v) is 4.98. The standard InChI is InChI=1S/C14H21F2NO2/c1-9(2)7-8-11(18)13(17)10-5-3-4-6-12(10)19-14(15)16/h3-6,9,11,13-14,18H,7-8,17H2,1-2H3/t11-,13+/m1/s1. The van der Waals surface area contributed by atoms with E-state index in [1.807, 2.05) is 13.8 Å². The highest BCUT2D eigenvalue weighted by Crippen LogP contribution is 2.28. The molecule has 0 amide bonds. The lowest BCUT2D eigenvalue weighted by molar-refractivity contribution is -0.0510. The van der Waals surface area contributed by atoms with E-state index in [9.17, 15) is 13.9 Å². The minimum Gasteiger partial charge on any atom is -0.434 e. The molecule has 0 aliphatic carbocycles. The molecule has 3 N–H and O–H groups in total. The largest absolute Gasteiger partial charge is 0.434 e. The summed E-state index contributed by atoms with van der Waals surface area (Å²) in [7, 11) is 0. The first kappa shape index (κ1) is 15.9. The Labute approximate surface area is 112 Å². The molecular formula is C14H21F2NO2. The Morgan fingerprint density at radius 3 is 2.42 bits per heavy atom. The van der Waals surface area contributed by atoms with E-state index >= 15 is 0 Å². The monoisotopic (exact) mass is 273 g/mol. The first-order valence-corrected chi connectivity index (χ1v) is 6.39. The molecule has 19 heavy (non-hydrogen) atoms. The number of aliphatic hydroxyl groups is 1. The SMILES string of the molecule is CC(C)CC[C@@H](O)[C@@H](N)c1ccccc1OC(F)F. The highest BCUT2D eigenvalue weighted by Gasteiger charge is 2.21. The summed E-state index contributed by atoms with van der Waals surface area (Å²) in [6, 6.07) is 5.57. The van der Waals surface area contributed by atoms with Crippen LogP contribution in [0.4, 0.5) is 8.78 Å². The lowest BCUT2D eigenvalue weighted by Gasteiger charge is -2.22. The van der Waals surface area contributed by atoms with Crippen molar-refractivity contribution in [2.45, 2.75) is 45.4 Å². The lowest BCUT2D eigenvalue weighted by atomic mass is 9.95. The molecule has 108 valence electrons. The highest BCUT2D eigenvalue weighted by atomic mass is 19.3. The van der Waals surface area contributed by atoms with Crippen LogP contribution in [0.2, 0.25) is 0 Å². The van der Waals surface area contributed by atoms with E-state index in [1.54, 1.807) is 18.2 Å². The van der Waals surface area contributed by atoms with Gasteiger partial charge < -0.3 is 15.6 Å². The molecule has 0 radical (unpaired) electrons. The van der Waals surface area contributed by atoms with E-state index in [0.717, 1.165) is 6.42 Å². The summed E-state index contributed by atoms with van der Waals surface area (Å²) in [6.07, 6.45) is 0.582. The second kappa shape index (κ2) is 7.40. The molecule has 0 bridgehead atoms. The van der Waals surface area contributed by atoms with Crippen LogP contribution in [0.1, 0.15) is 38.3 Å². The van der Waals surface area contributed by atoms with Crippen LogP contribution in [0.5, 0.6) is 5.75 Å². The lowest BCUT2D eigenvalue weighted by Crippen LogP contribution is -2.27. The topological polar surface area (TPSA) is 55.5 Å². The number of nitrogens with two attached hydrogens (primary N) is 1. The molecule has 0 aliphatic rings. The van der Waals surface area contributed by atoms with E-state index in [-0.39, 0.29) is 5.75 Å². The van der Waals surface area contributed by atoms with Crippen molar-refractivity contribution < 1.29 is 18.6 Å². The molecule has 5 heteroatoms. The molecular weight excluding hydrogens is 252 g/mol. The molecule has 1 aromatic carbocycles. The molecule has 0 saturated carbocycles. The summed E-state index contributed by atoms with van der Waals surface area (Å²) in [6.45, 7) is 1.19. The fourth-order valence-electron chi connectivity index (χ4n) is 1.85. The Hall–Kier alpha value is -1.20. The molecule has 0 aromatic heterocycles. The minimum atomic E-state index is -2.90. The number of para-hydroxylation sites is 1. The van der Waals surface area contributed by atoms with Gasteiger partial charge >= 0.3 is 6.61 Å². The van der Waals surface area contributed by atoms with Crippen molar-refractivity contribution in [3.05, 3.63) is 29.8 Å². The number of hydrogen-bond donors (Lipinski definition) is 2. The molecule has 0 saturated heterocycles. The minimum absolute atomic E-state index is 0.0218. The van der Waals surface area contributed by atoms with Crippen molar-refractivity contribution in [2.24, 2.45) is 11.7 Å². The van der Waals surface area contributed by atoms with Gasteiger partial charge in [-0.25, -0.2) is 0 Å². The number of halogens is 2. The summed E-state index contributed by atoms with van der Waals surface area (Å²) in [5, 5.41) is 10.0. The Kier molecular flexibility index (Phi) is 6.18. The van der Waals surface area contributed by atoms with E-state index in [0.29, 0.717) is 17.9 Å². The Balaban J connectivity index is 2.77. The maximum atomic E-state index is 12.3. The molecule has 2 atom stereocenters. The number of ether oxygens (including phenoxy) is 1. The van der Waals surface area contributed by atoms with Crippen molar-refractivity contribution in [1.29, 1.82) is 0 Å². The van der Waals surface area contributed by atoms with E-state index in [2.05, 4.69) is 4.74 Å². The number of alkyl halides is 2. The number of hydrogen-bond acceptors (Lipinski definition) is 3. The van der Waals surface area contributed by atoms with Crippen molar-refractivity contribution >= 4 is 0 Å². The Bertz CT molecular complexity index is 385. The molecule has 1 rings (SSSR count). The maximum Gasteiger partial charge on any atom is 0.387 e. The summed E-state index contributed by atoms with van der Waals surface area (Å²) < 4.78 is 29.0. The molecule has 0 heterocycles. The van der Waals surface area contributed by atoms with Gasteiger partial charge in [0.05, 0.1) is 12.1 Å². The van der Waals surface area contributed by atoms with Crippen LogP contribution in [0.15, 0.2) is 24.3 Å². The zero-order valence-electron chi connectivity index (χ0n) is 11.2. The van der Waals surface area contributed by atoms with Gasteiger partial charge in [0.25, 0.3) is 0 Å². The van der Waals surface area contributed by atoms with Gasteiger partial charge in [-0.1, -0.05) is 32.0 Å². The van der Waals surface area contributed by atoms with Gasteiger partial charge in [-0.2, -0.15) is 8.78 Å². The van der Waals surface area contributed by atoms with Crippen LogP contribution < -0.4 is 10.5 Å². The third kappa shape index (κ3) is 5.12. The number of aliphatic hydroxyl groups excluding tert-OH is 1. The Morgan fingerprint density at radius 2 is 1.84 bits per heavy atom. The summed E-state index contributed by atoms with van der Waals surface area (Å²) in [5.41, 5.74) is 6.33. The third-order valence-corrected chi connectivity index (χ3v) is 2.95. The van der Waals surface area contributed by atoms with E-state index in [4.69, 9.17) is 5.73 Å². The molecule has 0 fully saturated rings. The Morgan fingerprint density at radius 1 is 1.21 bits per heavy atom. The van der Waals surface area contributed by atoms with Crippen LogP contribution in [-0.2, 0) is 0 Å². The van der Waals surface area contributed by atoms with Gasteiger partial charge in [0.1, 0.15) is 5.75 Å². The molecule has 1 aromatic rings. The zero-order valence-corrected chi connectivity index (χ0v) is 11.2. The maximum absolute atomic E-state index is 12.3. The quantitative estimate of drug-likeness (QED) is 0.802. The predicted molar refractivity (Wildman–Crippen MR) is 70.1 cm³/mol. The molecule has 0 aliphatic heterocycles. The summed E-state index contributed by atoms with van der Waals surface area (Å²) in [5.74, 6) is 0.475. The van der Waals surface area contributed by atoms with Gasteiger partial charge in [-0.3, -0.25) is 0 Å².